The number of hydrogen-bond donors (Lipinski definition) is 0. The molecule has 1 heterocycles. The van der Waals surface area contributed by atoms with Crippen molar-refractivity contribution in [3.8, 4) is 6.07 Å². The Labute approximate surface area is 79.0 Å². The smallest absolute Gasteiger partial charge is 0.223 e. The second-order valence-corrected chi connectivity index (χ2v) is 2.76. The van der Waals surface area contributed by atoms with Gasteiger partial charge in [0.15, 0.2) is 0 Å². The van der Waals surface area contributed by atoms with Crippen LogP contribution in [0.5, 0.6) is 0 Å². The zero-order chi connectivity index (χ0) is 10.7. The van der Waals surface area contributed by atoms with Gasteiger partial charge in [0, 0.05) is 5.56 Å². The first-order valence-corrected chi connectivity index (χ1v) is 3.87. The number of aryl methyl sites for hydroxylation is 1. The molecular weight excluding hydrogens is 193 g/mol. The van der Waals surface area contributed by atoms with Gasteiger partial charge in [-0.3, -0.25) is 0 Å². The number of alkyl halides is 2. The Balaban J connectivity index is 3.30. The highest BCUT2D eigenvalue weighted by atomic mass is 19.3. The van der Waals surface area contributed by atoms with Crippen LogP contribution in [-0.2, 0) is 6.42 Å². The van der Waals surface area contributed by atoms with Gasteiger partial charge in [-0.25, -0.2) is 13.8 Å². The normalized spacial score (nSPS) is 10.3. The van der Waals surface area contributed by atoms with Crippen LogP contribution in [-0.4, -0.2) is 4.98 Å². The van der Waals surface area contributed by atoms with Crippen molar-refractivity contribution in [2.24, 2.45) is 0 Å². The highest BCUT2D eigenvalue weighted by molar-refractivity contribution is 5.32. The average molecular weight is 200 g/mol. The number of halogens is 3. The Morgan fingerprint density at radius 2 is 2.21 bits per heavy atom. The van der Waals surface area contributed by atoms with Gasteiger partial charge in [-0.15, -0.1) is 0 Å². The third-order valence-electron chi connectivity index (χ3n) is 1.78. The minimum atomic E-state index is -2.73. The van der Waals surface area contributed by atoms with Crippen LogP contribution in [0.25, 0.3) is 0 Å². The van der Waals surface area contributed by atoms with Crippen molar-refractivity contribution in [1.29, 1.82) is 5.26 Å². The van der Waals surface area contributed by atoms with Crippen LogP contribution in [0.3, 0.4) is 0 Å². The second-order valence-electron chi connectivity index (χ2n) is 2.76. The van der Waals surface area contributed by atoms with Gasteiger partial charge < -0.3 is 0 Å². The molecule has 74 valence electrons. The van der Waals surface area contributed by atoms with E-state index in [0.29, 0.717) is 0 Å². The van der Waals surface area contributed by atoms with E-state index >= 15 is 0 Å². The van der Waals surface area contributed by atoms with Crippen LogP contribution in [0.2, 0.25) is 0 Å². The van der Waals surface area contributed by atoms with Gasteiger partial charge in [0.25, 0.3) is 6.43 Å². The van der Waals surface area contributed by atoms with Crippen LogP contribution in [0, 0.1) is 24.2 Å². The summed E-state index contributed by atoms with van der Waals surface area (Å²) < 4.78 is 37.7. The van der Waals surface area contributed by atoms with Crippen LogP contribution >= 0.6 is 0 Å². The molecule has 0 spiro atoms. The molecule has 1 rings (SSSR count). The van der Waals surface area contributed by atoms with Crippen molar-refractivity contribution in [3.05, 3.63) is 28.8 Å². The highest BCUT2D eigenvalue weighted by Crippen LogP contribution is 2.25. The van der Waals surface area contributed by atoms with Crippen LogP contribution in [0.4, 0.5) is 13.2 Å². The molecule has 14 heavy (non-hydrogen) atoms. The van der Waals surface area contributed by atoms with Gasteiger partial charge in [-0.2, -0.15) is 9.65 Å². The summed E-state index contributed by atoms with van der Waals surface area (Å²) in [5.74, 6) is -0.836. The molecule has 0 aliphatic rings. The molecule has 0 radical (unpaired) electrons. The number of hydrogen-bond acceptors (Lipinski definition) is 2. The Morgan fingerprint density at radius 3 is 2.71 bits per heavy atom. The molecule has 0 N–H and O–H groups in total. The van der Waals surface area contributed by atoms with E-state index in [-0.39, 0.29) is 23.2 Å². The summed E-state index contributed by atoms with van der Waals surface area (Å²) in [6, 6.07) is 2.60. The molecule has 0 aliphatic carbocycles. The molecule has 1 aromatic rings. The molecule has 0 saturated heterocycles. The van der Waals surface area contributed by atoms with Crippen molar-refractivity contribution >= 4 is 0 Å². The van der Waals surface area contributed by atoms with E-state index in [1.165, 1.54) is 6.92 Å². The molecule has 0 bridgehead atoms. The standard InChI is InChI=1S/C9H7F3N2/c1-5-4-7(10)14-6(2-3-13)8(5)9(11)12/h4,9H,2H2,1H3. The van der Waals surface area contributed by atoms with Gasteiger partial charge in [0.2, 0.25) is 5.95 Å². The van der Waals surface area contributed by atoms with Crippen molar-refractivity contribution in [1.82, 2.24) is 4.98 Å². The maximum atomic E-state index is 12.7. The monoisotopic (exact) mass is 200 g/mol. The van der Waals surface area contributed by atoms with Crippen LogP contribution in [0.15, 0.2) is 6.07 Å². The molecule has 0 fully saturated rings. The molecule has 0 aromatic carbocycles. The number of nitriles is 1. The largest absolute Gasteiger partial charge is 0.265 e. The maximum Gasteiger partial charge on any atom is 0.265 e. The Hall–Kier alpha value is -1.57. The van der Waals surface area contributed by atoms with E-state index < -0.39 is 12.4 Å². The lowest BCUT2D eigenvalue weighted by molar-refractivity contribution is 0.149. The van der Waals surface area contributed by atoms with Gasteiger partial charge in [-0.1, -0.05) is 0 Å². The minimum absolute atomic E-state index is 0.123. The highest BCUT2D eigenvalue weighted by Gasteiger charge is 2.18. The SMILES string of the molecule is Cc1cc(F)nc(CC#N)c1C(F)F. The summed E-state index contributed by atoms with van der Waals surface area (Å²) in [6.45, 7) is 1.37. The zero-order valence-corrected chi connectivity index (χ0v) is 7.39. The third-order valence-corrected chi connectivity index (χ3v) is 1.78. The first kappa shape index (κ1) is 10.5. The molecular formula is C9H7F3N2. The average Bonchev–Trinajstić information content (AvgIpc) is 2.01. The summed E-state index contributed by atoms with van der Waals surface area (Å²) in [5.41, 5.74) is -0.397. The number of rotatable bonds is 2. The van der Waals surface area contributed by atoms with Crippen molar-refractivity contribution < 1.29 is 13.2 Å². The number of aromatic nitrogens is 1. The van der Waals surface area contributed by atoms with E-state index in [4.69, 9.17) is 5.26 Å². The molecule has 2 nitrogen and oxygen atoms in total. The second kappa shape index (κ2) is 4.09. The van der Waals surface area contributed by atoms with Crippen LogP contribution in [0.1, 0.15) is 23.2 Å². The van der Waals surface area contributed by atoms with E-state index in [9.17, 15) is 13.2 Å². The fraction of sp³-hybridized carbons (Fsp3) is 0.333. The molecule has 0 saturated carbocycles. The minimum Gasteiger partial charge on any atom is -0.223 e. The fourth-order valence-corrected chi connectivity index (χ4v) is 1.21. The van der Waals surface area contributed by atoms with Crippen molar-refractivity contribution in [2.45, 2.75) is 19.8 Å². The third kappa shape index (κ3) is 2.02. The topological polar surface area (TPSA) is 36.7 Å². The van der Waals surface area contributed by atoms with Gasteiger partial charge in [0.1, 0.15) is 0 Å². The predicted octanol–water partition coefficient (Wildman–Crippen LogP) is 2.53. The fourth-order valence-electron chi connectivity index (χ4n) is 1.21. The first-order valence-electron chi connectivity index (χ1n) is 3.87. The molecule has 0 amide bonds. The number of pyridine rings is 1. The van der Waals surface area contributed by atoms with Crippen molar-refractivity contribution in [3.63, 3.8) is 0 Å². The summed E-state index contributed by atoms with van der Waals surface area (Å²) in [4.78, 5) is 3.28. The lowest BCUT2D eigenvalue weighted by Gasteiger charge is -2.08. The quantitative estimate of drug-likeness (QED) is 0.688. The van der Waals surface area contributed by atoms with Gasteiger partial charge in [0.05, 0.1) is 18.2 Å². The Bertz CT molecular complexity index is 382. The van der Waals surface area contributed by atoms with Crippen molar-refractivity contribution in [2.75, 3.05) is 0 Å². The van der Waals surface area contributed by atoms with Crippen LogP contribution < -0.4 is 0 Å². The summed E-state index contributed by atoms with van der Waals surface area (Å²) >= 11 is 0. The molecule has 0 unspecified atom stereocenters. The number of nitrogens with zero attached hydrogens (tertiary/aromatic N) is 2. The molecule has 1 aromatic heterocycles. The molecule has 0 aliphatic heterocycles. The molecule has 5 heteroatoms. The van der Waals surface area contributed by atoms with Gasteiger partial charge >= 0.3 is 0 Å². The van der Waals surface area contributed by atoms with E-state index in [1.54, 1.807) is 6.07 Å². The maximum absolute atomic E-state index is 12.7. The lowest BCUT2D eigenvalue weighted by Crippen LogP contribution is -2.03. The lowest BCUT2D eigenvalue weighted by atomic mass is 10.1. The Morgan fingerprint density at radius 1 is 1.57 bits per heavy atom. The van der Waals surface area contributed by atoms with E-state index in [2.05, 4.69) is 4.98 Å². The first-order chi connectivity index (χ1) is 6.56. The van der Waals surface area contributed by atoms with E-state index in [1.807, 2.05) is 0 Å². The van der Waals surface area contributed by atoms with E-state index in [0.717, 1.165) is 6.07 Å². The molecule has 0 atom stereocenters. The summed E-state index contributed by atoms with van der Waals surface area (Å²) in [7, 11) is 0. The van der Waals surface area contributed by atoms with Gasteiger partial charge in [-0.05, 0) is 18.6 Å². The summed E-state index contributed by atoms with van der Waals surface area (Å²) in [5, 5.41) is 8.35. The predicted molar refractivity (Wildman–Crippen MR) is 43.2 cm³/mol. The Kier molecular flexibility index (Phi) is 3.07. The zero-order valence-electron chi connectivity index (χ0n) is 7.39. The summed E-state index contributed by atoms with van der Waals surface area (Å²) in [6.07, 6.45) is -3.04.